The van der Waals surface area contributed by atoms with Crippen molar-refractivity contribution in [3.05, 3.63) is 67.4 Å². The molecule has 0 fully saturated rings. The molecule has 2 rings (SSSR count). The molecule has 1 aromatic heterocycles. The Morgan fingerprint density at radius 1 is 1.22 bits per heavy atom. The Balaban J connectivity index is 1.86. The van der Waals surface area contributed by atoms with Gasteiger partial charge in [-0.25, -0.2) is 4.79 Å². The molecule has 0 aliphatic rings. The number of benzene rings is 1. The second-order valence-corrected chi connectivity index (χ2v) is 6.03. The highest BCUT2D eigenvalue weighted by Crippen LogP contribution is 2.21. The molecule has 0 unspecified atom stereocenters. The van der Waals surface area contributed by atoms with Crippen LogP contribution in [0.3, 0.4) is 0 Å². The van der Waals surface area contributed by atoms with Crippen molar-refractivity contribution in [2.45, 2.75) is 0 Å². The van der Waals surface area contributed by atoms with Crippen LogP contribution in [0.5, 0.6) is 0 Å². The summed E-state index contributed by atoms with van der Waals surface area (Å²) in [5.41, 5.74) is 0.564. The summed E-state index contributed by atoms with van der Waals surface area (Å²) < 4.78 is 5.32. The van der Waals surface area contributed by atoms with Gasteiger partial charge in [0.1, 0.15) is 0 Å². The van der Waals surface area contributed by atoms with Crippen molar-refractivity contribution in [1.29, 1.82) is 0 Å². The first-order valence-corrected chi connectivity index (χ1v) is 7.53. The zero-order valence-electron chi connectivity index (χ0n) is 11.6. The lowest BCUT2D eigenvalue weighted by molar-refractivity contribution is -0.384. The van der Waals surface area contributed by atoms with E-state index in [-0.39, 0.29) is 18.1 Å². The normalized spacial score (nSPS) is 10.7. The largest absolute Gasteiger partial charge is 0.454 e. The second kappa shape index (κ2) is 7.66. The topological polar surface area (TPSA) is 86.5 Å². The fourth-order valence-electron chi connectivity index (χ4n) is 1.59. The van der Waals surface area contributed by atoms with Crippen LogP contribution in [0.4, 0.5) is 5.69 Å². The van der Waals surface area contributed by atoms with E-state index in [4.69, 9.17) is 16.3 Å². The molecule has 0 aliphatic carbocycles. The van der Waals surface area contributed by atoms with Crippen molar-refractivity contribution in [3.63, 3.8) is 0 Å². The molecule has 0 atom stereocenters. The summed E-state index contributed by atoms with van der Waals surface area (Å²) in [6.07, 6.45) is 2.59. The predicted octanol–water partition coefficient (Wildman–Crippen LogP) is 3.75. The number of thiophene rings is 1. The van der Waals surface area contributed by atoms with E-state index >= 15 is 0 Å². The lowest BCUT2D eigenvalue weighted by atomic mass is 10.2. The SMILES string of the molecule is O=C(C=Cc1ccc([N+](=O)[O-])cc1)OCC(=O)c1ccc(Cl)s1. The quantitative estimate of drug-likeness (QED) is 0.260. The standard InChI is InChI=1S/C15H10ClNO5S/c16-14-7-6-13(23-14)12(18)9-22-15(19)8-3-10-1-4-11(5-2-10)17(20)21/h1-8H,9H2. The average molecular weight is 352 g/mol. The number of esters is 1. The number of nitrogens with zero attached hydrogens (tertiary/aromatic N) is 1. The summed E-state index contributed by atoms with van der Waals surface area (Å²) in [5, 5.41) is 10.5. The van der Waals surface area contributed by atoms with Gasteiger partial charge in [0, 0.05) is 18.2 Å². The number of nitro groups is 1. The molecular weight excluding hydrogens is 342 g/mol. The molecule has 0 N–H and O–H groups in total. The fourth-order valence-corrected chi connectivity index (χ4v) is 2.56. The number of carbonyl (C=O) groups is 2. The zero-order chi connectivity index (χ0) is 16.8. The van der Waals surface area contributed by atoms with Crippen LogP contribution in [-0.4, -0.2) is 23.3 Å². The van der Waals surface area contributed by atoms with E-state index in [0.29, 0.717) is 14.8 Å². The monoisotopic (exact) mass is 351 g/mol. The summed E-state index contributed by atoms with van der Waals surface area (Å²) >= 11 is 6.83. The number of nitro benzene ring substituents is 1. The molecule has 0 radical (unpaired) electrons. The van der Waals surface area contributed by atoms with Crippen LogP contribution in [0, 0.1) is 10.1 Å². The minimum Gasteiger partial charge on any atom is -0.454 e. The van der Waals surface area contributed by atoms with Crippen molar-refractivity contribution < 1.29 is 19.2 Å². The summed E-state index contributed by atoms with van der Waals surface area (Å²) in [5.74, 6) is -1.02. The number of carbonyl (C=O) groups excluding carboxylic acids is 2. The number of Topliss-reactive ketones (excluding diaryl/α,β-unsaturated/α-hetero) is 1. The van der Waals surface area contributed by atoms with Gasteiger partial charge in [-0.05, 0) is 35.9 Å². The van der Waals surface area contributed by atoms with Crippen LogP contribution < -0.4 is 0 Å². The van der Waals surface area contributed by atoms with Gasteiger partial charge in [0.2, 0.25) is 5.78 Å². The molecule has 0 saturated heterocycles. The van der Waals surface area contributed by atoms with Crippen molar-refractivity contribution in [2.75, 3.05) is 6.61 Å². The fraction of sp³-hybridized carbons (Fsp3) is 0.0667. The Hall–Kier alpha value is -2.51. The van der Waals surface area contributed by atoms with Crippen LogP contribution in [0.15, 0.2) is 42.5 Å². The van der Waals surface area contributed by atoms with Gasteiger partial charge in [-0.15, -0.1) is 11.3 Å². The number of hydrogen-bond acceptors (Lipinski definition) is 6. The molecule has 0 amide bonds. The highest BCUT2D eigenvalue weighted by Gasteiger charge is 2.11. The number of rotatable bonds is 6. The zero-order valence-corrected chi connectivity index (χ0v) is 13.2. The van der Waals surface area contributed by atoms with E-state index < -0.39 is 10.9 Å². The lowest BCUT2D eigenvalue weighted by Gasteiger charge is -1.99. The van der Waals surface area contributed by atoms with Gasteiger partial charge >= 0.3 is 5.97 Å². The summed E-state index contributed by atoms with van der Waals surface area (Å²) in [7, 11) is 0. The number of non-ortho nitro benzene ring substituents is 1. The maximum absolute atomic E-state index is 11.7. The number of halogens is 1. The van der Waals surface area contributed by atoms with Gasteiger partial charge in [0.15, 0.2) is 6.61 Å². The molecular formula is C15H10ClNO5S. The molecule has 23 heavy (non-hydrogen) atoms. The molecule has 6 nitrogen and oxygen atoms in total. The highest BCUT2D eigenvalue weighted by atomic mass is 35.5. The number of ketones is 1. The maximum atomic E-state index is 11.7. The maximum Gasteiger partial charge on any atom is 0.331 e. The van der Waals surface area contributed by atoms with Gasteiger partial charge in [0.05, 0.1) is 14.1 Å². The Kier molecular flexibility index (Phi) is 5.61. The van der Waals surface area contributed by atoms with Crippen molar-refractivity contribution in [1.82, 2.24) is 0 Å². The first-order valence-electron chi connectivity index (χ1n) is 6.33. The molecule has 118 valence electrons. The van der Waals surface area contributed by atoms with Crippen LogP contribution >= 0.6 is 22.9 Å². The van der Waals surface area contributed by atoms with E-state index in [9.17, 15) is 19.7 Å². The van der Waals surface area contributed by atoms with Gasteiger partial charge in [-0.1, -0.05) is 11.6 Å². The molecule has 0 saturated carbocycles. The van der Waals surface area contributed by atoms with E-state index in [1.54, 1.807) is 12.1 Å². The smallest absolute Gasteiger partial charge is 0.331 e. The van der Waals surface area contributed by atoms with Gasteiger partial charge in [-0.3, -0.25) is 14.9 Å². The van der Waals surface area contributed by atoms with E-state index in [2.05, 4.69) is 0 Å². The Morgan fingerprint density at radius 3 is 2.48 bits per heavy atom. The van der Waals surface area contributed by atoms with Gasteiger partial charge < -0.3 is 4.74 Å². The molecule has 1 heterocycles. The first-order chi connectivity index (χ1) is 11.0. The number of hydrogen-bond donors (Lipinski definition) is 0. The number of ether oxygens (including phenoxy) is 1. The molecule has 2 aromatic rings. The lowest BCUT2D eigenvalue weighted by Crippen LogP contribution is -2.11. The van der Waals surface area contributed by atoms with E-state index in [1.165, 1.54) is 30.3 Å². The molecule has 0 aliphatic heterocycles. The van der Waals surface area contributed by atoms with Gasteiger partial charge in [-0.2, -0.15) is 0 Å². The molecule has 0 spiro atoms. The van der Waals surface area contributed by atoms with Crippen LogP contribution in [0.1, 0.15) is 15.2 Å². The highest BCUT2D eigenvalue weighted by molar-refractivity contribution is 7.18. The molecule has 0 bridgehead atoms. The average Bonchev–Trinajstić information content (AvgIpc) is 2.97. The molecule has 1 aromatic carbocycles. The van der Waals surface area contributed by atoms with E-state index in [0.717, 1.165) is 17.4 Å². The minimum atomic E-state index is -0.681. The predicted molar refractivity (Wildman–Crippen MR) is 86.7 cm³/mol. The van der Waals surface area contributed by atoms with Crippen LogP contribution in [0.25, 0.3) is 6.08 Å². The Labute approximate surface area is 140 Å². The van der Waals surface area contributed by atoms with Gasteiger partial charge in [0.25, 0.3) is 5.69 Å². The van der Waals surface area contributed by atoms with Crippen LogP contribution in [-0.2, 0) is 9.53 Å². The third kappa shape index (κ3) is 5.01. The third-order valence-electron chi connectivity index (χ3n) is 2.71. The Morgan fingerprint density at radius 2 is 1.91 bits per heavy atom. The van der Waals surface area contributed by atoms with Crippen LogP contribution in [0.2, 0.25) is 4.34 Å². The second-order valence-electron chi connectivity index (χ2n) is 4.32. The summed E-state index contributed by atoms with van der Waals surface area (Å²) in [4.78, 5) is 33.7. The molecule has 8 heteroatoms. The van der Waals surface area contributed by atoms with Crippen molar-refractivity contribution in [2.24, 2.45) is 0 Å². The van der Waals surface area contributed by atoms with Crippen molar-refractivity contribution in [3.8, 4) is 0 Å². The van der Waals surface area contributed by atoms with Crippen molar-refractivity contribution >= 4 is 46.5 Å². The summed E-state index contributed by atoms with van der Waals surface area (Å²) in [6.45, 7) is -0.375. The minimum absolute atomic E-state index is 0.0371. The van der Waals surface area contributed by atoms with E-state index in [1.807, 2.05) is 0 Å². The first kappa shape index (κ1) is 16.9. The third-order valence-corrected chi connectivity index (χ3v) is 3.98. The summed E-state index contributed by atoms with van der Waals surface area (Å²) in [6, 6.07) is 8.82. The Bertz CT molecular complexity index is 766.